The molecule has 1 aromatic carbocycles. The molecule has 0 unspecified atom stereocenters. The van der Waals surface area contributed by atoms with Crippen LogP contribution in [-0.4, -0.2) is 62.5 Å². The highest BCUT2D eigenvalue weighted by molar-refractivity contribution is 6.42. The second-order valence-electron chi connectivity index (χ2n) is 10.7. The lowest BCUT2D eigenvalue weighted by Gasteiger charge is -2.43. The molecule has 1 aliphatic heterocycles. The summed E-state index contributed by atoms with van der Waals surface area (Å²) in [6, 6.07) is 5.53. The van der Waals surface area contributed by atoms with Crippen LogP contribution in [0.15, 0.2) is 18.2 Å². The van der Waals surface area contributed by atoms with Crippen molar-refractivity contribution in [3.63, 3.8) is 0 Å². The summed E-state index contributed by atoms with van der Waals surface area (Å²) < 4.78 is 5.22. The fourth-order valence-corrected chi connectivity index (χ4v) is 6.58. The molecule has 3 atom stereocenters. The topological polar surface area (TPSA) is 73.8 Å². The van der Waals surface area contributed by atoms with Gasteiger partial charge >= 0.3 is 6.03 Å². The van der Waals surface area contributed by atoms with Crippen LogP contribution in [-0.2, 0) is 10.3 Å². The van der Waals surface area contributed by atoms with Crippen molar-refractivity contribution >= 4 is 29.2 Å². The highest BCUT2D eigenvalue weighted by atomic mass is 35.5. The number of aliphatic hydroxyl groups is 1. The number of hydrogen-bond donors (Lipinski definition) is 3. The van der Waals surface area contributed by atoms with Crippen molar-refractivity contribution in [3.8, 4) is 0 Å². The molecule has 2 aliphatic rings. The number of unbranched alkanes of at least 4 members (excludes halogenated alkanes) is 1. The number of amides is 2. The second-order valence-corrected chi connectivity index (χ2v) is 11.5. The van der Waals surface area contributed by atoms with E-state index in [2.05, 4.69) is 10.6 Å². The first-order chi connectivity index (χ1) is 17.4. The summed E-state index contributed by atoms with van der Waals surface area (Å²) >= 11 is 13.0. The predicted octanol–water partition coefficient (Wildman–Crippen LogP) is 5.98. The Morgan fingerprint density at radius 3 is 2.69 bits per heavy atom. The van der Waals surface area contributed by atoms with Crippen LogP contribution in [0, 0.1) is 11.8 Å². The third kappa shape index (κ3) is 7.97. The van der Waals surface area contributed by atoms with Crippen molar-refractivity contribution < 1.29 is 14.6 Å². The number of benzene rings is 1. The minimum atomic E-state index is -1.17. The number of rotatable bonds is 12. The molecule has 6 nitrogen and oxygen atoms in total. The molecule has 2 fully saturated rings. The summed E-state index contributed by atoms with van der Waals surface area (Å²) in [5.74, 6) is 0.560. The van der Waals surface area contributed by atoms with Gasteiger partial charge in [-0.3, -0.25) is 0 Å². The first-order valence-electron chi connectivity index (χ1n) is 13.7. The molecule has 0 bridgehead atoms. The zero-order valence-corrected chi connectivity index (χ0v) is 23.5. The molecule has 204 valence electrons. The van der Waals surface area contributed by atoms with Crippen LogP contribution in [0.1, 0.15) is 76.2 Å². The Kier molecular flexibility index (Phi) is 12.1. The first-order valence-corrected chi connectivity index (χ1v) is 14.5. The van der Waals surface area contributed by atoms with E-state index in [4.69, 9.17) is 27.9 Å². The van der Waals surface area contributed by atoms with E-state index in [1.165, 1.54) is 32.1 Å². The summed E-state index contributed by atoms with van der Waals surface area (Å²) in [6.07, 6.45) is 11.3. The van der Waals surface area contributed by atoms with Gasteiger partial charge in [0.2, 0.25) is 0 Å². The van der Waals surface area contributed by atoms with Gasteiger partial charge in [0.1, 0.15) is 0 Å². The molecule has 1 aromatic rings. The zero-order valence-electron chi connectivity index (χ0n) is 22.0. The number of methoxy groups -OCH3 is 1. The summed E-state index contributed by atoms with van der Waals surface area (Å²) in [5, 5.41) is 19.5. The maximum Gasteiger partial charge on any atom is 0.317 e. The molecule has 1 saturated carbocycles. The van der Waals surface area contributed by atoms with Gasteiger partial charge in [0.15, 0.2) is 0 Å². The Bertz CT molecular complexity index is 821. The van der Waals surface area contributed by atoms with E-state index in [-0.39, 0.29) is 18.0 Å². The van der Waals surface area contributed by atoms with Gasteiger partial charge in [-0.05, 0) is 57.6 Å². The molecule has 2 amide bonds. The maximum atomic E-state index is 13.4. The van der Waals surface area contributed by atoms with Gasteiger partial charge in [0, 0.05) is 50.9 Å². The molecular weight excluding hydrogens is 497 g/mol. The van der Waals surface area contributed by atoms with Gasteiger partial charge in [-0.2, -0.15) is 0 Å². The Balaban J connectivity index is 1.72. The number of nitrogens with zero attached hydrogens (tertiary/aromatic N) is 1. The SMILES string of the molecule is CNC[C@H](CC1CCCCC1)NC(=O)N1CCC[C@@H]([C@@](O)(CCCCOC)c2cccc(Cl)c2Cl)C1. The highest BCUT2D eigenvalue weighted by Crippen LogP contribution is 2.44. The Morgan fingerprint density at radius 2 is 1.97 bits per heavy atom. The Hall–Kier alpha value is -1.05. The molecule has 3 N–H and O–H groups in total. The van der Waals surface area contributed by atoms with Gasteiger partial charge in [-0.15, -0.1) is 0 Å². The minimum Gasteiger partial charge on any atom is -0.385 e. The Morgan fingerprint density at radius 1 is 1.19 bits per heavy atom. The highest BCUT2D eigenvalue weighted by Gasteiger charge is 2.42. The largest absolute Gasteiger partial charge is 0.385 e. The molecule has 3 rings (SSSR count). The molecule has 1 aliphatic carbocycles. The fourth-order valence-electron chi connectivity index (χ4n) is 6.12. The van der Waals surface area contributed by atoms with E-state index in [1.54, 1.807) is 13.2 Å². The average Bonchev–Trinajstić information content (AvgIpc) is 2.89. The summed E-state index contributed by atoms with van der Waals surface area (Å²) in [7, 11) is 3.63. The smallest absolute Gasteiger partial charge is 0.317 e. The van der Waals surface area contributed by atoms with Gasteiger partial charge in [-0.1, -0.05) is 67.4 Å². The normalized spacial score (nSPS) is 21.7. The quantitative estimate of drug-likeness (QED) is 0.284. The maximum absolute atomic E-state index is 13.4. The lowest BCUT2D eigenvalue weighted by molar-refractivity contribution is -0.0563. The van der Waals surface area contributed by atoms with E-state index in [1.807, 2.05) is 24.1 Å². The fraction of sp³-hybridized carbons (Fsp3) is 0.750. The van der Waals surface area contributed by atoms with Crippen LogP contribution >= 0.6 is 23.2 Å². The van der Waals surface area contributed by atoms with E-state index >= 15 is 0 Å². The van der Waals surface area contributed by atoms with Gasteiger partial charge in [0.05, 0.1) is 15.6 Å². The van der Waals surface area contributed by atoms with Crippen LogP contribution in [0.3, 0.4) is 0 Å². The van der Waals surface area contributed by atoms with Crippen LogP contribution < -0.4 is 10.6 Å². The molecule has 0 aromatic heterocycles. The zero-order chi connectivity index (χ0) is 26.0. The minimum absolute atomic E-state index is 0.0327. The van der Waals surface area contributed by atoms with Crippen LogP contribution in [0.4, 0.5) is 4.79 Å². The number of hydrogen-bond acceptors (Lipinski definition) is 4. The second kappa shape index (κ2) is 14.8. The number of nitrogens with one attached hydrogen (secondary N) is 2. The molecular formula is C28H45Cl2N3O3. The molecule has 0 radical (unpaired) electrons. The van der Waals surface area contributed by atoms with Crippen molar-refractivity contribution in [1.82, 2.24) is 15.5 Å². The third-order valence-corrected chi connectivity index (χ3v) is 8.90. The summed E-state index contributed by atoms with van der Waals surface area (Å²) in [6.45, 7) is 2.60. The molecule has 1 saturated heterocycles. The lowest BCUT2D eigenvalue weighted by atomic mass is 9.74. The van der Waals surface area contributed by atoms with E-state index in [0.717, 1.165) is 38.6 Å². The number of urea groups is 1. The van der Waals surface area contributed by atoms with E-state index < -0.39 is 5.60 Å². The van der Waals surface area contributed by atoms with Crippen LogP contribution in [0.5, 0.6) is 0 Å². The van der Waals surface area contributed by atoms with Crippen molar-refractivity contribution in [2.45, 2.75) is 82.3 Å². The Labute approximate surface area is 227 Å². The van der Waals surface area contributed by atoms with Crippen molar-refractivity contribution in [2.24, 2.45) is 11.8 Å². The number of carbonyl (C=O) groups excluding carboxylic acids is 1. The van der Waals surface area contributed by atoms with Crippen LogP contribution in [0.2, 0.25) is 10.0 Å². The standard InChI is InChI=1S/C28H45Cl2N3O3/c1-31-19-23(18-21-10-4-3-5-11-21)32-27(34)33-16-9-12-22(20-33)28(35,15-6-7-17-36-2)24-13-8-14-25(29)26(24)30/h8,13-14,21-23,31,35H,3-7,9-12,15-20H2,1-2H3,(H,32,34)/t22-,23+,28+/m1/s1. The molecule has 8 heteroatoms. The van der Waals surface area contributed by atoms with E-state index in [0.29, 0.717) is 47.6 Å². The van der Waals surface area contributed by atoms with Crippen molar-refractivity contribution in [1.29, 1.82) is 0 Å². The monoisotopic (exact) mass is 541 g/mol. The van der Waals surface area contributed by atoms with Gasteiger partial charge < -0.3 is 25.4 Å². The number of ether oxygens (including phenoxy) is 1. The lowest BCUT2D eigenvalue weighted by Crippen LogP contribution is -2.54. The summed E-state index contributed by atoms with van der Waals surface area (Å²) in [5.41, 5.74) is -0.507. The van der Waals surface area contributed by atoms with E-state index in [9.17, 15) is 9.90 Å². The number of carbonyl (C=O) groups is 1. The summed E-state index contributed by atoms with van der Waals surface area (Å²) in [4.78, 5) is 15.3. The third-order valence-electron chi connectivity index (χ3n) is 8.08. The molecule has 0 spiro atoms. The van der Waals surface area contributed by atoms with Crippen molar-refractivity contribution in [3.05, 3.63) is 33.8 Å². The average molecular weight is 543 g/mol. The number of piperidine rings is 1. The van der Waals surface area contributed by atoms with Crippen LogP contribution in [0.25, 0.3) is 0 Å². The predicted molar refractivity (Wildman–Crippen MR) is 148 cm³/mol. The molecule has 1 heterocycles. The number of halogens is 2. The van der Waals surface area contributed by atoms with Gasteiger partial charge in [-0.25, -0.2) is 4.79 Å². The number of likely N-dealkylation sites (tertiary alicyclic amines) is 1. The van der Waals surface area contributed by atoms with Crippen molar-refractivity contribution in [2.75, 3.05) is 40.4 Å². The van der Waals surface area contributed by atoms with Gasteiger partial charge in [0.25, 0.3) is 0 Å². The number of likely N-dealkylation sites (N-methyl/N-ethyl adjacent to an activating group) is 1. The first kappa shape index (κ1) is 29.5. The molecule has 36 heavy (non-hydrogen) atoms.